The molecular weight excluding hydrogens is 761 g/mol. The largest absolute Gasteiger partial charge is 0.507 e. The van der Waals surface area contributed by atoms with Crippen LogP contribution in [0.1, 0.15) is 20.7 Å². The first-order chi connectivity index (χ1) is 18.8. The third kappa shape index (κ3) is 8.42. The summed E-state index contributed by atoms with van der Waals surface area (Å²) < 4.78 is 2.10. The number of phenols is 2. The van der Waals surface area contributed by atoms with Crippen LogP contribution in [-0.4, -0.2) is 27.0 Å². The number of nitrogens with zero attached hydrogens (tertiary/aromatic N) is 1. The number of nitro groups is 1. The van der Waals surface area contributed by atoms with Crippen molar-refractivity contribution in [2.24, 2.45) is 0 Å². The first-order valence-corrected chi connectivity index (χ1v) is 14.0. The molecule has 0 aliphatic rings. The van der Waals surface area contributed by atoms with Crippen molar-refractivity contribution in [3.8, 4) is 11.5 Å². The molecule has 0 saturated carbocycles. The Balaban J connectivity index is 0.000000222. The van der Waals surface area contributed by atoms with Gasteiger partial charge in [0, 0.05) is 31.8 Å². The Morgan fingerprint density at radius 1 is 0.775 bits per heavy atom. The molecule has 0 unspecified atom stereocenters. The van der Waals surface area contributed by atoms with Gasteiger partial charge in [0.1, 0.15) is 11.5 Å². The number of rotatable bonds is 5. The minimum Gasteiger partial charge on any atom is -0.507 e. The molecule has 14 heteroatoms. The molecule has 4 rings (SSSR count). The van der Waals surface area contributed by atoms with E-state index in [0.29, 0.717) is 14.6 Å². The van der Waals surface area contributed by atoms with Crippen LogP contribution in [0.4, 0.5) is 17.1 Å². The highest BCUT2D eigenvalue weighted by atomic mass is 79.9. The van der Waals surface area contributed by atoms with Gasteiger partial charge in [-0.25, -0.2) is 0 Å². The van der Waals surface area contributed by atoms with Gasteiger partial charge >= 0.3 is 0 Å². The van der Waals surface area contributed by atoms with Crippen LogP contribution in [0.25, 0.3) is 0 Å². The van der Waals surface area contributed by atoms with E-state index in [4.69, 9.17) is 23.2 Å². The zero-order valence-electron chi connectivity index (χ0n) is 19.8. The van der Waals surface area contributed by atoms with Crippen LogP contribution in [0.2, 0.25) is 10.0 Å². The van der Waals surface area contributed by atoms with E-state index < -0.39 is 10.8 Å². The van der Waals surface area contributed by atoms with Crippen LogP contribution >= 0.6 is 71.0 Å². The molecule has 9 nitrogen and oxygen atoms in total. The van der Waals surface area contributed by atoms with Crippen molar-refractivity contribution in [3.05, 3.63) is 118 Å². The van der Waals surface area contributed by atoms with Crippen LogP contribution in [0, 0.1) is 10.1 Å². The molecule has 0 fully saturated rings. The fraction of sp³-hybridized carbons (Fsp3) is 0. The summed E-state index contributed by atoms with van der Waals surface area (Å²) in [6.45, 7) is 0. The first kappa shape index (κ1) is 31.4. The van der Waals surface area contributed by atoms with Crippen molar-refractivity contribution in [3.63, 3.8) is 0 Å². The Labute approximate surface area is 262 Å². The Kier molecular flexibility index (Phi) is 10.9. The number of non-ortho nitro benzene ring substituents is 1. The predicted molar refractivity (Wildman–Crippen MR) is 165 cm³/mol. The van der Waals surface area contributed by atoms with Crippen molar-refractivity contribution in [1.82, 2.24) is 0 Å². The van der Waals surface area contributed by atoms with E-state index in [9.17, 15) is 29.9 Å². The van der Waals surface area contributed by atoms with E-state index in [0.717, 1.165) is 10.5 Å². The summed E-state index contributed by atoms with van der Waals surface area (Å²) >= 11 is 21.4. The Bertz CT molecular complexity index is 1600. The van der Waals surface area contributed by atoms with Gasteiger partial charge in [-0.15, -0.1) is 0 Å². The van der Waals surface area contributed by atoms with Crippen LogP contribution in [0.15, 0.2) is 86.2 Å². The highest BCUT2D eigenvalue weighted by Gasteiger charge is 2.16. The Morgan fingerprint density at radius 3 is 2.05 bits per heavy atom. The molecule has 0 aromatic heterocycles. The lowest BCUT2D eigenvalue weighted by molar-refractivity contribution is -0.384. The summed E-state index contributed by atoms with van der Waals surface area (Å²) in [6, 6.07) is 18.1. The molecule has 4 N–H and O–H groups in total. The molecule has 4 aromatic rings. The molecule has 0 aliphatic carbocycles. The van der Waals surface area contributed by atoms with E-state index in [1.54, 1.807) is 24.3 Å². The molecule has 0 saturated heterocycles. The fourth-order valence-electron chi connectivity index (χ4n) is 3.07. The molecular formula is C26H16Br3Cl2N3O6. The molecule has 40 heavy (non-hydrogen) atoms. The second-order valence-corrected chi connectivity index (χ2v) is 11.3. The van der Waals surface area contributed by atoms with Crippen molar-refractivity contribution >= 4 is 99.9 Å². The zero-order valence-corrected chi connectivity index (χ0v) is 26.1. The highest BCUT2D eigenvalue weighted by molar-refractivity contribution is 9.11. The van der Waals surface area contributed by atoms with E-state index in [1.165, 1.54) is 30.3 Å². The topological polar surface area (TPSA) is 142 Å². The normalized spacial score (nSPS) is 10.2. The maximum Gasteiger partial charge on any atom is 0.271 e. The number of aromatic hydroxyl groups is 2. The third-order valence-corrected chi connectivity index (χ3v) is 7.13. The van der Waals surface area contributed by atoms with Gasteiger partial charge in [0.05, 0.1) is 31.2 Å². The number of anilines is 2. The number of nitro benzene ring substituents is 1. The second kappa shape index (κ2) is 14.0. The average Bonchev–Trinajstić information content (AvgIpc) is 2.90. The monoisotopic (exact) mass is 773 g/mol. The maximum atomic E-state index is 12.1. The van der Waals surface area contributed by atoms with Gasteiger partial charge < -0.3 is 20.8 Å². The molecule has 4 aromatic carbocycles. The minimum absolute atomic E-state index is 0.0130. The number of benzene rings is 4. The Hall–Kier alpha value is -3.16. The summed E-state index contributed by atoms with van der Waals surface area (Å²) in [5, 5.41) is 35.6. The summed E-state index contributed by atoms with van der Waals surface area (Å²) in [5.41, 5.74) is 0.819. The third-order valence-electron chi connectivity index (χ3n) is 4.99. The molecule has 0 radical (unpaired) electrons. The number of carbonyl (C=O) groups excluding carboxylic acids is 2. The summed E-state index contributed by atoms with van der Waals surface area (Å²) in [7, 11) is 0. The van der Waals surface area contributed by atoms with Crippen LogP contribution in [0.3, 0.4) is 0 Å². The minimum atomic E-state index is -0.634. The highest BCUT2D eigenvalue weighted by Crippen LogP contribution is 2.32. The quantitative estimate of drug-likeness (QED) is 0.118. The van der Waals surface area contributed by atoms with Gasteiger partial charge in [-0.3, -0.25) is 19.7 Å². The number of phenolic OH excluding ortho intramolecular Hbond substituents is 2. The lowest BCUT2D eigenvalue weighted by Gasteiger charge is -2.09. The van der Waals surface area contributed by atoms with Crippen LogP contribution in [-0.2, 0) is 0 Å². The average molecular weight is 777 g/mol. The van der Waals surface area contributed by atoms with Crippen molar-refractivity contribution < 1.29 is 24.7 Å². The van der Waals surface area contributed by atoms with Crippen molar-refractivity contribution in [2.45, 2.75) is 0 Å². The molecule has 0 aliphatic heterocycles. The predicted octanol–water partition coefficient (Wildman–Crippen LogP) is 8.79. The number of hydrogen-bond acceptors (Lipinski definition) is 6. The standard InChI is InChI=1S/C13H8Br3NO2.C13H8Cl2N2O4/c14-7-1-3-9(4-2-7)17-13(19)10-5-8(15)6-11(16)12(10)18;14-7-1-4-12(18)9(5-7)13(19)16-11-3-2-8(17(20)21)6-10(11)15/h1-6,18H,(H,17,19);1-6,18H,(H,16,19). The van der Waals surface area contributed by atoms with Crippen molar-refractivity contribution in [1.29, 1.82) is 0 Å². The number of carbonyl (C=O) groups is 2. The maximum absolute atomic E-state index is 12.1. The number of nitrogens with one attached hydrogen (secondary N) is 2. The molecule has 0 atom stereocenters. The zero-order chi connectivity index (χ0) is 29.6. The van der Waals surface area contributed by atoms with Gasteiger partial charge in [-0.05, 0) is 76.6 Å². The van der Waals surface area contributed by atoms with Gasteiger partial charge in [-0.1, -0.05) is 55.1 Å². The molecule has 206 valence electrons. The molecule has 0 heterocycles. The van der Waals surface area contributed by atoms with Gasteiger partial charge in [0.25, 0.3) is 17.5 Å². The second-order valence-electron chi connectivity index (χ2n) is 7.78. The van der Waals surface area contributed by atoms with Gasteiger partial charge in [-0.2, -0.15) is 0 Å². The van der Waals surface area contributed by atoms with Gasteiger partial charge in [0.15, 0.2) is 0 Å². The number of halogens is 5. The summed E-state index contributed by atoms with van der Waals surface area (Å²) in [6.07, 6.45) is 0. The number of amides is 2. The fourth-order valence-corrected chi connectivity index (χ4v) is 4.95. The molecule has 0 bridgehead atoms. The van der Waals surface area contributed by atoms with E-state index >= 15 is 0 Å². The van der Waals surface area contributed by atoms with Gasteiger partial charge in [0.2, 0.25) is 0 Å². The Morgan fingerprint density at radius 2 is 1.43 bits per heavy atom. The van der Waals surface area contributed by atoms with Crippen LogP contribution in [0.5, 0.6) is 11.5 Å². The lowest BCUT2D eigenvalue weighted by Crippen LogP contribution is -2.12. The molecule has 2 amide bonds. The molecule has 0 spiro atoms. The van der Waals surface area contributed by atoms with E-state index in [1.807, 2.05) is 12.1 Å². The summed E-state index contributed by atoms with van der Waals surface area (Å²) in [5.74, 6) is -1.33. The lowest BCUT2D eigenvalue weighted by atomic mass is 10.2. The van der Waals surface area contributed by atoms with E-state index in [2.05, 4.69) is 58.4 Å². The SMILES string of the molecule is O=C(Nc1ccc(Br)cc1)c1cc(Br)cc(Br)c1O.O=C(Nc1ccc([N+](=O)[O-])cc1Cl)c1cc(Cl)ccc1O. The van der Waals surface area contributed by atoms with Crippen LogP contribution < -0.4 is 10.6 Å². The van der Waals surface area contributed by atoms with E-state index in [-0.39, 0.29) is 50.0 Å². The first-order valence-electron chi connectivity index (χ1n) is 10.8. The smallest absolute Gasteiger partial charge is 0.271 e. The summed E-state index contributed by atoms with van der Waals surface area (Å²) in [4.78, 5) is 34.1. The van der Waals surface area contributed by atoms with Crippen molar-refractivity contribution in [2.75, 3.05) is 10.6 Å². The number of hydrogen-bond donors (Lipinski definition) is 4.